The minimum Gasteiger partial charge on any atom is -0.467 e. The molecular formula is C18H17N3O4S. The van der Waals surface area contributed by atoms with Gasteiger partial charge < -0.3 is 19.6 Å². The number of furan rings is 1. The molecule has 2 amide bonds. The summed E-state index contributed by atoms with van der Waals surface area (Å²) in [6.07, 6.45) is 4.36. The van der Waals surface area contributed by atoms with Gasteiger partial charge in [0.15, 0.2) is 5.69 Å². The molecule has 0 aromatic carbocycles. The van der Waals surface area contributed by atoms with Crippen molar-refractivity contribution in [3.8, 4) is 0 Å². The SMILES string of the molecule is Cc1cc(C(=O)Nc2sc3c(c2C(=O)NCc2ccco2)CCC3)no1. The number of fused-ring (bicyclic) bond motifs is 1. The molecule has 0 bridgehead atoms. The highest BCUT2D eigenvalue weighted by Gasteiger charge is 2.28. The predicted octanol–water partition coefficient (Wildman–Crippen LogP) is 3.31. The van der Waals surface area contributed by atoms with Crippen molar-refractivity contribution in [2.75, 3.05) is 5.32 Å². The van der Waals surface area contributed by atoms with Crippen LogP contribution in [0.2, 0.25) is 0 Å². The zero-order chi connectivity index (χ0) is 18.1. The highest BCUT2D eigenvalue weighted by Crippen LogP contribution is 2.39. The van der Waals surface area contributed by atoms with E-state index in [1.165, 1.54) is 11.3 Å². The molecule has 0 atom stereocenters. The van der Waals surface area contributed by atoms with Crippen molar-refractivity contribution in [1.29, 1.82) is 0 Å². The van der Waals surface area contributed by atoms with Crippen molar-refractivity contribution in [2.45, 2.75) is 32.7 Å². The zero-order valence-electron chi connectivity index (χ0n) is 14.1. The number of carbonyl (C=O) groups is 2. The minimum atomic E-state index is -0.387. The van der Waals surface area contributed by atoms with E-state index in [1.807, 2.05) is 0 Å². The van der Waals surface area contributed by atoms with Crippen molar-refractivity contribution >= 4 is 28.2 Å². The average molecular weight is 371 g/mol. The van der Waals surface area contributed by atoms with Crippen LogP contribution < -0.4 is 10.6 Å². The van der Waals surface area contributed by atoms with Crippen LogP contribution in [0.5, 0.6) is 0 Å². The van der Waals surface area contributed by atoms with E-state index >= 15 is 0 Å². The van der Waals surface area contributed by atoms with Gasteiger partial charge in [0.05, 0.1) is 18.4 Å². The Hall–Kier alpha value is -2.87. The van der Waals surface area contributed by atoms with Gasteiger partial charge in [-0.1, -0.05) is 5.16 Å². The highest BCUT2D eigenvalue weighted by molar-refractivity contribution is 7.17. The maximum Gasteiger partial charge on any atom is 0.278 e. The Labute approximate surface area is 153 Å². The molecule has 0 saturated carbocycles. The lowest BCUT2D eigenvalue weighted by atomic mass is 10.1. The molecule has 1 aliphatic carbocycles. The van der Waals surface area contributed by atoms with Gasteiger partial charge in [0.1, 0.15) is 16.5 Å². The van der Waals surface area contributed by atoms with Crippen LogP contribution in [0, 0.1) is 6.92 Å². The molecule has 4 rings (SSSR count). The van der Waals surface area contributed by atoms with Crippen LogP contribution in [0.4, 0.5) is 5.00 Å². The molecular weight excluding hydrogens is 354 g/mol. The number of aromatic nitrogens is 1. The Bertz CT molecular complexity index is 955. The summed E-state index contributed by atoms with van der Waals surface area (Å²) < 4.78 is 10.2. The fourth-order valence-corrected chi connectivity index (χ4v) is 4.32. The monoisotopic (exact) mass is 371 g/mol. The maximum atomic E-state index is 12.8. The van der Waals surface area contributed by atoms with E-state index in [1.54, 1.807) is 31.4 Å². The normalized spacial score (nSPS) is 12.8. The largest absolute Gasteiger partial charge is 0.467 e. The molecule has 0 radical (unpaired) electrons. The van der Waals surface area contributed by atoms with Crippen LogP contribution in [0.25, 0.3) is 0 Å². The first kappa shape index (κ1) is 16.6. The molecule has 0 unspecified atom stereocenters. The maximum absolute atomic E-state index is 12.8. The molecule has 3 aromatic heterocycles. The highest BCUT2D eigenvalue weighted by atomic mass is 32.1. The van der Waals surface area contributed by atoms with Gasteiger partial charge in [-0.15, -0.1) is 11.3 Å². The number of hydrogen-bond acceptors (Lipinski definition) is 6. The fourth-order valence-electron chi connectivity index (χ4n) is 3.04. The van der Waals surface area contributed by atoms with Gasteiger partial charge in [-0.2, -0.15) is 0 Å². The molecule has 1 aliphatic rings. The Morgan fingerprint density at radius 3 is 2.92 bits per heavy atom. The summed E-state index contributed by atoms with van der Waals surface area (Å²) in [5.74, 6) is 0.628. The first-order valence-corrected chi connectivity index (χ1v) is 9.13. The topological polar surface area (TPSA) is 97.4 Å². The smallest absolute Gasteiger partial charge is 0.278 e. The summed E-state index contributed by atoms with van der Waals surface area (Å²) in [5, 5.41) is 9.96. The van der Waals surface area contributed by atoms with Gasteiger partial charge in [0, 0.05) is 10.9 Å². The summed E-state index contributed by atoms with van der Waals surface area (Å²) >= 11 is 1.46. The minimum absolute atomic E-state index is 0.193. The predicted molar refractivity (Wildman–Crippen MR) is 95.4 cm³/mol. The number of carbonyl (C=O) groups excluding carboxylic acids is 2. The van der Waals surface area contributed by atoms with Crippen molar-refractivity contribution in [3.05, 3.63) is 57.7 Å². The second-order valence-electron chi connectivity index (χ2n) is 6.10. The van der Waals surface area contributed by atoms with Gasteiger partial charge in [-0.25, -0.2) is 0 Å². The number of rotatable bonds is 5. The molecule has 7 nitrogen and oxygen atoms in total. The molecule has 0 spiro atoms. The van der Waals surface area contributed by atoms with Crippen LogP contribution >= 0.6 is 11.3 Å². The van der Waals surface area contributed by atoms with E-state index in [-0.39, 0.29) is 17.5 Å². The summed E-state index contributed by atoms with van der Waals surface area (Å²) in [6.45, 7) is 2.02. The van der Waals surface area contributed by atoms with Crippen molar-refractivity contribution < 1.29 is 18.5 Å². The first-order valence-electron chi connectivity index (χ1n) is 8.31. The van der Waals surface area contributed by atoms with E-state index in [9.17, 15) is 9.59 Å². The molecule has 2 N–H and O–H groups in total. The van der Waals surface area contributed by atoms with Crippen LogP contribution in [0.15, 0.2) is 33.4 Å². The third-order valence-corrected chi connectivity index (χ3v) is 5.45. The molecule has 134 valence electrons. The lowest BCUT2D eigenvalue weighted by Crippen LogP contribution is -2.25. The molecule has 3 heterocycles. The summed E-state index contributed by atoms with van der Waals surface area (Å²) in [4.78, 5) is 26.3. The number of nitrogens with one attached hydrogen (secondary N) is 2. The Morgan fingerprint density at radius 1 is 1.31 bits per heavy atom. The van der Waals surface area contributed by atoms with Crippen LogP contribution in [0.3, 0.4) is 0 Å². The molecule has 3 aromatic rings. The number of aryl methyl sites for hydroxylation is 2. The van der Waals surface area contributed by atoms with Gasteiger partial charge in [-0.05, 0) is 43.9 Å². The van der Waals surface area contributed by atoms with Crippen LogP contribution in [-0.4, -0.2) is 17.0 Å². The Morgan fingerprint density at radius 2 is 2.19 bits per heavy atom. The Balaban J connectivity index is 1.57. The van der Waals surface area contributed by atoms with Crippen molar-refractivity contribution in [3.63, 3.8) is 0 Å². The van der Waals surface area contributed by atoms with Crippen molar-refractivity contribution in [2.24, 2.45) is 0 Å². The number of hydrogen-bond donors (Lipinski definition) is 2. The second-order valence-corrected chi connectivity index (χ2v) is 7.21. The van der Waals surface area contributed by atoms with E-state index in [0.717, 1.165) is 29.7 Å². The molecule has 0 aliphatic heterocycles. The van der Waals surface area contributed by atoms with E-state index in [0.29, 0.717) is 28.6 Å². The van der Waals surface area contributed by atoms with E-state index in [4.69, 9.17) is 8.94 Å². The molecule has 0 saturated heterocycles. The summed E-state index contributed by atoms with van der Waals surface area (Å²) in [5.41, 5.74) is 1.76. The fraction of sp³-hybridized carbons (Fsp3) is 0.278. The number of anilines is 1. The average Bonchev–Trinajstić information content (AvgIpc) is 3.37. The number of amides is 2. The van der Waals surface area contributed by atoms with Crippen molar-refractivity contribution in [1.82, 2.24) is 10.5 Å². The first-order chi connectivity index (χ1) is 12.6. The third-order valence-electron chi connectivity index (χ3n) is 4.24. The van der Waals surface area contributed by atoms with E-state index in [2.05, 4.69) is 15.8 Å². The second kappa shape index (κ2) is 6.80. The lowest BCUT2D eigenvalue weighted by Gasteiger charge is -2.08. The van der Waals surface area contributed by atoms with Gasteiger partial charge >= 0.3 is 0 Å². The molecule has 8 heteroatoms. The van der Waals surface area contributed by atoms with Gasteiger partial charge in [0.25, 0.3) is 11.8 Å². The lowest BCUT2D eigenvalue weighted by molar-refractivity contribution is 0.0948. The molecule has 0 fully saturated rings. The van der Waals surface area contributed by atoms with E-state index < -0.39 is 0 Å². The summed E-state index contributed by atoms with van der Waals surface area (Å²) in [6, 6.07) is 5.14. The van der Waals surface area contributed by atoms with Gasteiger partial charge in [-0.3, -0.25) is 9.59 Å². The molecule has 26 heavy (non-hydrogen) atoms. The number of nitrogens with zero attached hydrogens (tertiary/aromatic N) is 1. The zero-order valence-corrected chi connectivity index (χ0v) is 14.9. The third kappa shape index (κ3) is 3.15. The van der Waals surface area contributed by atoms with Crippen LogP contribution in [0.1, 0.15) is 49.2 Å². The standard InChI is InChI=1S/C18H17N3O4S/c1-10-8-13(21-25-10)16(22)20-18-15(12-5-2-6-14(12)26-18)17(23)19-9-11-4-3-7-24-11/h3-4,7-8H,2,5-6,9H2,1H3,(H,19,23)(H,20,22). The Kier molecular flexibility index (Phi) is 4.34. The van der Waals surface area contributed by atoms with Crippen LogP contribution in [-0.2, 0) is 19.4 Å². The quantitative estimate of drug-likeness (QED) is 0.717. The summed E-state index contributed by atoms with van der Waals surface area (Å²) in [7, 11) is 0. The number of thiophene rings is 1. The van der Waals surface area contributed by atoms with Gasteiger partial charge in [0.2, 0.25) is 0 Å².